The largest absolute Gasteiger partial charge is 0.393 e. The number of aryl methyl sites for hydroxylation is 1. The van der Waals surface area contributed by atoms with E-state index in [1.54, 1.807) is 12.1 Å². The molecule has 1 aromatic heterocycles. The summed E-state index contributed by atoms with van der Waals surface area (Å²) in [6, 6.07) is 19.4. The van der Waals surface area contributed by atoms with Gasteiger partial charge in [0.2, 0.25) is 0 Å². The summed E-state index contributed by atoms with van der Waals surface area (Å²) < 4.78 is 10.8. The molecular formula is C28H35N3O3Si. The lowest BCUT2D eigenvalue weighted by Gasteiger charge is -2.39. The smallest absolute Gasteiger partial charge is 0.356 e. The van der Waals surface area contributed by atoms with E-state index in [0.29, 0.717) is 11.4 Å². The molecule has 0 saturated carbocycles. The van der Waals surface area contributed by atoms with Crippen LogP contribution in [0.5, 0.6) is 0 Å². The highest BCUT2D eigenvalue weighted by atomic mass is 28.4. The first-order chi connectivity index (χ1) is 16.6. The molecule has 3 aromatic rings. The highest BCUT2D eigenvalue weighted by molar-refractivity contribution is 6.74. The minimum atomic E-state index is -2.22. The van der Waals surface area contributed by atoms with Gasteiger partial charge in [0.15, 0.2) is 14.5 Å². The molecular weight excluding hydrogens is 454 g/mol. The van der Waals surface area contributed by atoms with E-state index in [0.717, 1.165) is 19.3 Å². The lowest BCUT2D eigenvalue weighted by atomic mass is 10.1. The van der Waals surface area contributed by atoms with Gasteiger partial charge in [0.25, 0.3) is 0 Å². The number of allylic oxidation sites excluding steroid dienone is 3. The Hall–Kier alpha value is -3.16. The lowest BCUT2D eigenvalue weighted by molar-refractivity contribution is 0.132. The van der Waals surface area contributed by atoms with Crippen LogP contribution in [0.2, 0.25) is 18.1 Å². The second-order valence-corrected chi connectivity index (χ2v) is 15.3. The molecule has 0 N–H and O–H groups in total. The average molecular weight is 490 g/mol. The van der Waals surface area contributed by atoms with Gasteiger partial charge < -0.3 is 4.43 Å². The topological polar surface area (TPSA) is 58.2 Å². The maximum atomic E-state index is 13.6. The van der Waals surface area contributed by atoms with Crippen LogP contribution >= 0.6 is 0 Å². The van der Waals surface area contributed by atoms with Crippen LogP contribution in [0, 0.1) is 0 Å². The van der Waals surface area contributed by atoms with Gasteiger partial charge in [-0.3, -0.25) is 0 Å². The highest BCUT2D eigenvalue weighted by Crippen LogP contribution is 2.39. The van der Waals surface area contributed by atoms with Crippen LogP contribution in [0.15, 0.2) is 88.5 Å². The van der Waals surface area contributed by atoms with E-state index in [9.17, 15) is 9.59 Å². The minimum absolute atomic E-state index is 0.0366. The molecule has 0 spiro atoms. The number of aromatic nitrogens is 3. The molecule has 6 nitrogen and oxygen atoms in total. The van der Waals surface area contributed by atoms with Gasteiger partial charge in [0.05, 0.1) is 11.4 Å². The quantitative estimate of drug-likeness (QED) is 0.313. The van der Waals surface area contributed by atoms with Gasteiger partial charge in [0.1, 0.15) is 0 Å². The van der Waals surface area contributed by atoms with E-state index < -0.39 is 20.2 Å². The van der Waals surface area contributed by atoms with E-state index in [2.05, 4.69) is 46.0 Å². The molecule has 1 aliphatic rings. The molecule has 0 fully saturated rings. The second-order valence-electron chi connectivity index (χ2n) is 10.5. The van der Waals surface area contributed by atoms with Crippen molar-refractivity contribution in [3.8, 4) is 5.69 Å². The molecule has 2 heterocycles. The van der Waals surface area contributed by atoms with E-state index in [4.69, 9.17) is 4.43 Å². The Morgan fingerprint density at radius 2 is 1.57 bits per heavy atom. The maximum absolute atomic E-state index is 13.6. The zero-order chi connectivity index (χ0) is 25.2. The fourth-order valence-corrected chi connectivity index (χ4v) is 5.10. The third-order valence-corrected chi connectivity index (χ3v) is 11.4. The molecule has 0 aliphatic carbocycles. The third kappa shape index (κ3) is 5.11. The van der Waals surface area contributed by atoms with Crippen LogP contribution < -0.4 is 11.4 Å². The van der Waals surface area contributed by atoms with Gasteiger partial charge in [-0.2, -0.15) is 9.36 Å². The van der Waals surface area contributed by atoms with E-state index >= 15 is 0 Å². The van der Waals surface area contributed by atoms with Crippen molar-refractivity contribution in [1.29, 1.82) is 0 Å². The van der Waals surface area contributed by atoms with Crippen LogP contribution in [0.25, 0.3) is 11.4 Å². The number of para-hydroxylation sites is 1. The number of hydrogen-bond acceptors (Lipinski definition) is 3. The van der Waals surface area contributed by atoms with E-state index in [1.807, 2.05) is 54.6 Å². The number of nitrogens with zero attached hydrogens (tertiary/aromatic N) is 3. The summed E-state index contributed by atoms with van der Waals surface area (Å²) in [7, 11) is -2.22. The van der Waals surface area contributed by atoms with E-state index in [1.165, 1.54) is 19.5 Å². The predicted molar refractivity (Wildman–Crippen MR) is 144 cm³/mol. The summed E-state index contributed by atoms with van der Waals surface area (Å²) in [6.45, 7) is 10.8. The Balaban J connectivity index is 1.72. The van der Waals surface area contributed by atoms with Crippen molar-refractivity contribution in [1.82, 2.24) is 13.9 Å². The van der Waals surface area contributed by atoms with Gasteiger partial charge in [0, 0.05) is 0 Å². The van der Waals surface area contributed by atoms with Crippen molar-refractivity contribution >= 4 is 14.0 Å². The average Bonchev–Trinajstić information content (AvgIpc) is 3.09. The SMILES string of the molecule is CC(C)(C)[Si](C)(C)OC1C=C/C(=C\CCCc2ccccc2)n2c(=O)n(-c3ccccc3)c(=O)n21. The Morgan fingerprint density at radius 3 is 2.20 bits per heavy atom. The zero-order valence-corrected chi connectivity index (χ0v) is 22.3. The van der Waals surface area contributed by atoms with Crippen molar-refractivity contribution in [2.75, 3.05) is 0 Å². The Labute approximate surface area is 207 Å². The first-order valence-corrected chi connectivity index (χ1v) is 15.1. The van der Waals surface area contributed by atoms with Crippen LogP contribution in [0.1, 0.15) is 45.4 Å². The van der Waals surface area contributed by atoms with Crippen LogP contribution in [-0.2, 0) is 10.8 Å². The fourth-order valence-electron chi connectivity index (χ4n) is 3.97. The first-order valence-electron chi connectivity index (χ1n) is 12.2. The molecule has 4 rings (SSSR count). The lowest BCUT2D eigenvalue weighted by Crippen LogP contribution is -2.45. The Bertz CT molecular complexity index is 1340. The fraction of sp³-hybridized carbons (Fsp3) is 0.357. The molecule has 184 valence electrons. The van der Waals surface area contributed by atoms with Crippen molar-refractivity contribution in [3.63, 3.8) is 0 Å². The monoisotopic (exact) mass is 489 g/mol. The summed E-state index contributed by atoms with van der Waals surface area (Å²) in [6.07, 6.45) is 7.91. The summed E-state index contributed by atoms with van der Waals surface area (Å²) in [5, 5.41) is -0.0366. The third-order valence-electron chi connectivity index (χ3n) is 6.99. The first kappa shape index (κ1) is 24.9. The van der Waals surface area contributed by atoms with Gasteiger partial charge in [-0.05, 0) is 67.2 Å². The molecule has 1 unspecified atom stereocenters. The van der Waals surface area contributed by atoms with Crippen molar-refractivity contribution < 1.29 is 4.43 Å². The second kappa shape index (κ2) is 9.83. The molecule has 1 aliphatic heterocycles. The van der Waals surface area contributed by atoms with Crippen molar-refractivity contribution in [3.05, 3.63) is 105 Å². The summed E-state index contributed by atoms with van der Waals surface area (Å²) in [5.41, 5.74) is 1.75. The molecule has 0 amide bonds. The van der Waals surface area contributed by atoms with Crippen LogP contribution in [-0.4, -0.2) is 22.2 Å². The van der Waals surface area contributed by atoms with Gasteiger partial charge in [-0.1, -0.05) is 75.4 Å². The number of fused-ring (bicyclic) bond motifs is 1. The zero-order valence-electron chi connectivity index (χ0n) is 21.3. The molecule has 0 bridgehead atoms. The number of rotatable bonds is 7. The van der Waals surface area contributed by atoms with Crippen LogP contribution in [0.4, 0.5) is 0 Å². The molecule has 0 saturated heterocycles. The van der Waals surface area contributed by atoms with Crippen molar-refractivity contribution in [2.45, 2.75) is 64.4 Å². The number of unbranched alkanes of at least 4 members (excludes halogenated alkanes) is 1. The molecule has 1 atom stereocenters. The van der Waals surface area contributed by atoms with E-state index in [-0.39, 0.29) is 10.7 Å². The number of benzene rings is 2. The van der Waals surface area contributed by atoms with Crippen LogP contribution in [0.3, 0.4) is 0 Å². The standard InChI is InChI=1S/C28H35N3O3Si/c1-28(2,3)35(4,5)34-25-21-20-24(19-13-12-16-22-14-8-6-9-15-22)30-26(32)29(27(33)31(25)30)23-17-10-7-11-18-23/h6-11,14-15,17-21,25H,12-13,16H2,1-5H3/b24-19+. The van der Waals surface area contributed by atoms with Gasteiger partial charge >= 0.3 is 11.4 Å². The molecule has 2 aromatic carbocycles. The van der Waals surface area contributed by atoms with Crippen molar-refractivity contribution in [2.24, 2.45) is 0 Å². The Morgan fingerprint density at radius 1 is 0.943 bits per heavy atom. The normalized spacial score (nSPS) is 17.1. The highest BCUT2D eigenvalue weighted by Gasteiger charge is 2.41. The summed E-state index contributed by atoms with van der Waals surface area (Å²) >= 11 is 0. The number of hydrogen-bond donors (Lipinski definition) is 0. The summed E-state index contributed by atoms with van der Waals surface area (Å²) in [4.78, 5) is 27.2. The molecule has 0 radical (unpaired) electrons. The van der Waals surface area contributed by atoms with Gasteiger partial charge in [-0.15, -0.1) is 0 Å². The Kier molecular flexibility index (Phi) is 7.01. The maximum Gasteiger partial charge on any atom is 0.356 e. The predicted octanol–water partition coefficient (Wildman–Crippen LogP) is 5.75. The summed E-state index contributed by atoms with van der Waals surface area (Å²) in [5.74, 6) is 0. The van der Waals surface area contributed by atoms with Gasteiger partial charge in [-0.25, -0.2) is 14.2 Å². The minimum Gasteiger partial charge on any atom is -0.393 e. The molecule has 7 heteroatoms. The molecule has 35 heavy (non-hydrogen) atoms.